The fourth-order valence-corrected chi connectivity index (χ4v) is 1.25. The van der Waals surface area contributed by atoms with Crippen LogP contribution in [0.2, 0.25) is 0 Å². The van der Waals surface area contributed by atoms with Crippen LogP contribution < -0.4 is 0 Å². The van der Waals surface area contributed by atoms with E-state index in [0.717, 1.165) is 0 Å². The summed E-state index contributed by atoms with van der Waals surface area (Å²) in [4.78, 5) is 11.6. The van der Waals surface area contributed by atoms with Gasteiger partial charge in [0.25, 0.3) is 0 Å². The fourth-order valence-electron chi connectivity index (χ4n) is 1.25. The highest BCUT2D eigenvalue weighted by atomic mass is 16.1. The molecule has 1 rings (SSSR count). The summed E-state index contributed by atoms with van der Waals surface area (Å²) in [6, 6.07) is 8.87. The van der Waals surface area contributed by atoms with Gasteiger partial charge < -0.3 is 0 Å². The van der Waals surface area contributed by atoms with Gasteiger partial charge >= 0.3 is 0 Å². The molecular formula is C12H13NO. The largest absolute Gasteiger partial charge is 0.294 e. The van der Waals surface area contributed by atoms with E-state index in [1.807, 2.05) is 19.9 Å². The molecule has 0 amide bonds. The van der Waals surface area contributed by atoms with E-state index in [1.54, 1.807) is 24.3 Å². The van der Waals surface area contributed by atoms with Crippen LogP contribution in [0.25, 0.3) is 0 Å². The van der Waals surface area contributed by atoms with Crippen LogP contribution in [0, 0.1) is 17.2 Å². The molecule has 0 aliphatic rings. The zero-order valence-corrected chi connectivity index (χ0v) is 8.45. The topological polar surface area (TPSA) is 40.9 Å². The first-order chi connectivity index (χ1) is 6.63. The molecule has 0 radical (unpaired) electrons. The maximum atomic E-state index is 11.6. The second-order valence-electron chi connectivity index (χ2n) is 3.71. The van der Waals surface area contributed by atoms with Gasteiger partial charge in [-0.2, -0.15) is 5.26 Å². The minimum atomic E-state index is 0.108. The van der Waals surface area contributed by atoms with Crippen LogP contribution >= 0.6 is 0 Å². The molecule has 0 bridgehead atoms. The average Bonchev–Trinajstić information content (AvgIpc) is 2.17. The van der Waals surface area contributed by atoms with E-state index in [-0.39, 0.29) is 5.78 Å². The third-order valence-corrected chi connectivity index (χ3v) is 1.91. The molecule has 0 aromatic heterocycles. The summed E-state index contributed by atoms with van der Waals surface area (Å²) in [5.74, 6) is 0.463. The van der Waals surface area contributed by atoms with Crippen LogP contribution in [0.15, 0.2) is 24.3 Å². The van der Waals surface area contributed by atoms with Crippen molar-refractivity contribution in [2.45, 2.75) is 20.3 Å². The number of nitrogens with zero attached hydrogens (tertiary/aromatic N) is 1. The van der Waals surface area contributed by atoms with Crippen LogP contribution in [-0.2, 0) is 0 Å². The molecule has 14 heavy (non-hydrogen) atoms. The molecule has 2 heteroatoms. The summed E-state index contributed by atoms with van der Waals surface area (Å²) < 4.78 is 0. The Morgan fingerprint density at radius 2 is 2.21 bits per heavy atom. The minimum Gasteiger partial charge on any atom is -0.294 e. The van der Waals surface area contributed by atoms with Gasteiger partial charge in [-0.1, -0.05) is 26.0 Å². The van der Waals surface area contributed by atoms with E-state index in [4.69, 9.17) is 5.26 Å². The fraction of sp³-hybridized carbons (Fsp3) is 0.333. The van der Waals surface area contributed by atoms with Gasteiger partial charge in [-0.3, -0.25) is 4.79 Å². The van der Waals surface area contributed by atoms with E-state index in [9.17, 15) is 4.79 Å². The molecule has 0 aliphatic carbocycles. The summed E-state index contributed by atoms with van der Waals surface area (Å²) in [5, 5.41) is 8.66. The molecule has 0 fully saturated rings. The third-order valence-electron chi connectivity index (χ3n) is 1.91. The number of carbonyl (C=O) groups is 1. The van der Waals surface area contributed by atoms with Gasteiger partial charge in [-0.05, 0) is 18.1 Å². The van der Waals surface area contributed by atoms with E-state index >= 15 is 0 Å². The Labute approximate surface area is 84.2 Å². The first kappa shape index (κ1) is 10.5. The Hall–Kier alpha value is -1.62. The van der Waals surface area contributed by atoms with Crippen molar-refractivity contribution in [1.82, 2.24) is 0 Å². The van der Waals surface area contributed by atoms with E-state index in [2.05, 4.69) is 0 Å². The third kappa shape index (κ3) is 2.70. The van der Waals surface area contributed by atoms with Crippen molar-refractivity contribution in [3.8, 4) is 6.07 Å². The molecule has 0 saturated heterocycles. The first-order valence-electron chi connectivity index (χ1n) is 4.67. The van der Waals surface area contributed by atoms with Gasteiger partial charge in [-0.25, -0.2) is 0 Å². The molecule has 0 spiro atoms. The number of rotatable bonds is 3. The first-order valence-corrected chi connectivity index (χ1v) is 4.67. The van der Waals surface area contributed by atoms with E-state index in [0.29, 0.717) is 23.5 Å². The smallest absolute Gasteiger partial charge is 0.163 e. The number of benzene rings is 1. The quantitative estimate of drug-likeness (QED) is 0.683. The van der Waals surface area contributed by atoms with Gasteiger partial charge in [0.1, 0.15) is 0 Å². The Kier molecular flexibility index (Phi) is 3.41. The van der Waals surface area contributed by atoms with Crippen molar-refractivity contribution < 1.29 is 4.79 Å². The summed E-state index contributed by atoms with van der Waals surface area (Å²) in [7, 11) is 0. The van der Waals surface area contributed by atoms with Crippen molar-refractivity contribution in [1.29, 1.82) is 5.26 Å². The van der Waals surface area contributed by atoms with Crippen LogP contribution in [0.4, 0.5) is 0 Å². The van der Waals surface area contributed by atoms with Crippen LogP contribution in [-0.4, -0.2) is 5.78 Å². The standard InChI is InChI=1S/C12H13NO/c1-9(2)6-12(14)11-5-3-4-10(7-11)8-13/h3-5,7,9H,6H2,1-2H3. The Bertz CT molecular complexity index is 374. The number of ketones is 1. The van der Waals surface area contributed by atoms with Gasteiger partial charge in [0, 0.05) is 12.0 Å². The maximum Gasteiger partial charge on any atom is 0.163 e. The summed E-state index contributed by atoms with van der Waals surface area (Å²) in [6.45, 7) is 4.01. The predicted octanol–water partition coefficient (Wildman–Crippen LogP) is 2.79. The lowest BCUT2D eigenvalue weighted by molar-refractivity contribution is 0.0968. The SMILES string of the molecule is CC(C)CC(=O)c1cccc(C#N)c1. The molecule has 0 N–H and O–H groups in total. The lowest BCUT2D eigenvalue weighted by atomic mass is 10.00. The van der Waals surface area contributed by atoms with Crippen molar-refractivity contribution in [2.24, 2.45) is 5.92 Å². The second-order valence-corrected chi connectivity index (χ2v) is 3.71. The van der Waals surface area contributed by atoms with Gasteiger partial charge in [0.2, 0.25) is 0 Å². The lowest BCUT2D eigenvalue weighted by Gasteiger charge is -2.03. The van der Waals surface area contributed by atoms with Crippen molar-refractivity contribution >= 4 is 5.78 Å². The van der Waals surface area contributed by atoms with Crippen molar-refractivity contribution in [3.63, 3.8) is 0 Å². The zero-order chi connectivity index (χ0) is 10.6. The normalized spacial score (nSPS) is 9.86. The summed E-state index contributed by atoms with van der Waals surface area (Å²) >= 11 is 0. The molecular weight excluding hydrogens is 174 g/mol. The number of hydrogen-bond donors (Lipinski definition) is 0. The monoisotopic (exact) mass is 187 g/mol. The van der Waals surface area contributed by atoms with Crippen LogP contribution in [0.1, 0.15) is 36.2 Å². The van der Waals surface area contributed by atoms with E-state index in [1.165, 1.54) is 0 Å². The number of nitriles is 1. The number of Topliss-reactive ketones (excluding diaryl/α,β-unsaturated/α-hetero) is 1. The molecule has 1 aromatic rings. The highest BCUT2D eigenvalue weighted by Crippen LogP contribution is 2.10. The zero-order valence-electron chi connectivity index (χ0n) is 8.45. The van der Waals surface area contributed by atoms with Crippen molar-refractivity contribution in [3.05, 3.63) is 35.4 Å². The predicted molar refractivity (Wildman–Crippen MR) is 54.9 cm³/mol. The highest BCUT2D eigenvalue weighted by Gasteiger charge is 2.08. The molecule has 0 atom stereocenters. The Balaban J connectivity index is 2.86. The van der Waals surface area contributed by atoms with Crippen LogP contribution in [0.3, 0.4) is 0 Å². The second kappa shape index (κ2) is 4.57. The molecule has 0 heterocycles. The maximum absolute atomic E-state index is 11.6. The summed E-state index contributed by atoms with van der Waals surface area (Å²) in [6.07, 6.45) is 0.537. The molecule has 1 aromatic carbocycles. The number of hydrogen-bond acceptors (Lipinski definition) is 2. The molecule has 0 unspecified atom stereocenters. The van der Waals surface area contributed by atoms with Gasteiger partial charge in [0.05, 0.1) is 11.6 Å². The lowest BCUT2D eigenvalue weighted by Crippen LogP contribution is -2.03. The number of carbonyl (C=O) groups excluding carboxylic acids is 1. The molecule has 0 aliphatic heterocycles. The van der Waals surface area contributed by atoms with E-state index < -0.39 is 0 Å². The molecule has 2 nitrogen and oxygen atoms in total. The Morgan fingerprint density at radius 3 is 2.79 bits per heavy atom. The average molecular weight is 187 g/mol. The van der Waals surface area contributed by atoms with Gasteiger partial charge in [-0.15, -0.1) is 0 Å². The summed E-state index contributed by atoms with van der Waals surface area (Å²) in [5.41, 5.74) is 1.18. The molecule has 72 valence electrons. The molecule has 0 saturated carbocycles. The van der Waals surface area contributed by atoms with Gasteiger partial charge in [0.15, 0.2) is 5.78 Å². The minimum absolute atomic E-state index is 0.108. The Morgan fingerprint density at radius 1 is 1.50 bits per heavy atom. The van der Waals surface area contributed by atoms with Crippen LogP contribution in [0.5, 0.6) is 0 Å². The highest BCUT2D eigenvalue weighted by molar-refractivity contribution is 5.96. The van der Waals surface area contributed by atoms with Crippen molar-refractivity contribution in [2.75, 3.05) is 0 Å².